The van der Waals surface area contributed by atoms with Crippen molar-refractivity contribution in [2.75, 3.05) is 6.54 Å². The molecular formula is C12H17N. The van der Waals surface area contributed by atoms with Crippen molar-refractivity contribution in [3.8, 4) is 0 Å². The van der Waals surface area contributed by atoms with Crippen molar-refractivity contribution in [1.29, 1.82) is 0 Å². The molecule has 0 heterocycles. The number of hydrogen-bond donors (Lipinski definition) is 1. The molecule has 0 saturated heterocycles. The van der Waals surface area contributed by atoms with Crippen LogP contribution < -0.4 is 5.73 Å². The van der Waals surface area contributed by atoms with E-state index in [4.69, 9.17) is 5.73 Å². The van der Waals surface area contributed by atoms with E-state index >= 15 is 0 Å². The molecule has 1 heteroatoms. The van der Waals surface area contributed by atoms with E-state index < -0.39 is 0 Å². The lowest BCUT2D eigenvalue weighted by molar-refractivity contribution is 1.18. The summed E-state index contributed by atoms with van der Waals surface area (Å²) in [7, 11) is 0. The maximum atomic E-state index is 5.52. The third-order valence-electron chi connectivity index (χ3n) is 2.24. The topological polar surface area (TPSA) is 26.0 Å². The van der Waals surface area contributed by atoms with Gasteiger partial charge in [-0.3, -0.25) is 0 Å². The van der Waals surface area contributed by atoms with Gasteiger partial charge in [0.1, 0.15) is 0 Å². The van der Waals surface area contributed by atoms with Crippen molar-refractivity contribution < 1.29 is 0 Å². The highest BCUT2D eigenvalue weighted by Crippen LogP contribution is 2.20. The Balaban J connectivity index is 3.05. The molecule has 0 fully saturated rings. The largest absolute Gasteiger partial charge is 0.327 e. The van der Waals surface area contributed by atoms with Crippen molar-refractivity contribution >= 4 is 5.57 Å². The van der Waals surface area contributed by atoms with Crippen molar-refractivity contribution in [1.82, 2.24) is 0 Å². The average Bonchev–Trinajstić information content (AvgIpc) is 2.16. The van der Waals surface area contributed by atoms with E-state index in [1.165, 1.54) is 16.7 Å². The van der Waals surface area contributed by atoms with Gasteiger partial charge in [0.2, 0.25) is 0 Å². The summed E-state index contributed by atoms with van der Waals surface area (Å²) in [4.78, 5) is 0. The van der Waals surface area contributed by atoms with Gasteiger partial charge in [-0.05, 0) is 30.0 Å². The molecule has 2 N–H and O–H groups in total. The first-order chi connectivity index (χ1) is 6.29. The molecule has 0 aliphatic carbocycles. The maximum absolute atomic E-state index is 5.52. The smallest absolute Gasteiger partial charge is 0.0112 e. The zero-order valence-corrected chi connectivity index (χ0v) is 8.38. The molecule has 0 aliphatic heterocycles. The summed E-state index contributed by atoms with van der Waals surface area (Å²) >= 11 is 0. The van der Waals surface area contributed by atoms with E-state index in [0.717, 1.165) is 6.42 Å². The van der Waals surface area contributed by atoms with Gasteiger partial charge in [-0.1, -0.05) is 37.3 Å². The Hall–Kier alpha value is -1.08. The lowest BCUT2D eigenvalue weighted by atomic mass is 9.98. The Bertz CT molecular complexity index is 300. The minimum atomic E-state index is 0.623. The van der Waals surface area contributed by atoms with Gasteiger partial charge in [0.15, 0.2) is 0 Å². The molecule has 70 valence electrons. The lowest BCUT2D eigenvalue weighted by Crippen LogP contribution is -1.96. The fraction of sp³-hybridized carbons (Fsp3) is 0.333. The molecule has 1 nitrogen and oxygen atoms in total. The first kappa shape index (κ1) is 10.0. The van der Waals surface area contributed by atoms with E-state index in [-0.39, 0.29) is 0 Å². The average molecular weight is 175 g/mol. The molecular weight excluding hydrogens is 158 g/mol. The lowest BCUT2D eigenvalue weighted by Gasteiger charge is -2.07. The molecule has 0 amide bonds. The monoisotopic (exact) mass is 175 g/mol. The fourth-order valence-electron chi connectivity index (χ4n) is 1.52. The van der Waals surface area contributed by atoms with Crippen LogP contribution >= 0.6 is 0 Å². The van der Waals surface area contributed by atoms with Gasteiger partial charge in [-0.25, -0.2) is 0 Å². The summed E-state index contributed by atoms with van der Waals surface area (Å²) in [5, 5.41) is 0. The molecule has 13 heavy (non-hydrogen) atoms. The third-order valence-corrected chi connectivity index (χ3v) is 2.24. The Morgan fingerprint density at radius 1 is 1.38 bits per heavy atom. The van der Waals surface area contributed by atoms with Crippen LogP contribution in [0.1, 0.15) is 24.5 Å². The van der Waals surface area contributed by atoms with Crippen LogP contribution in [-0.4, -0.2) is 6.54 Å². The van der Waals surface area contributed by atoms with Crippen LogP contribution in [-0.2, 0) is 0 Å². The number of aryl methyl sites for hydroxylation is 1. The molecule has 1 rings (SSSR count). The minimum absolute atomic E-state index is 0.623. The van der Waals surface area contributed by atoms with E-state index in [2.05, 4.69) is 44.2 Å². The molecule has 0 radical (unpaired) electrons. The third kappa shape index (κ3) is 2.43. The highest BCUT2D eigenvalue weighted by atomic mass is 14.5. The van der Waals surface area contributed by atoms with Crippen molar-refractivity contribution in [2.45, 2.75) is 20.3 Å². The molecule has 0 bridgehead atoms. The summed E-state index contributed by atoms with van der Waals surface area (Å²) in [6.07, 6.45) is 3.14. The normalized spacial score (nSPS) is 11.8. The number of rotatable bonds is 3. The highest BCUT2D eigenvalue weighted by molar-refractivity contribution is 5.67. The van der Waals surface area contributed by atoms with Crippen LogP contribution in [0.4, 0.5) is 0 Å². The Morgan fingerprint density at radius 2 is 2.08 bits per heavy atom. The molecule has 1 aromatic rings. The van der Waals surface area contributed by atoms with Gasteiger partial charge < -0.3 is 5.73 Å². The van der Waals surface area contributed by atoms with Crippen molar-refractivity contribution in [3.63, 3.8) is 0 Å². The zero-order chi connectivity index (χ0) is 9.68. The fourth-order valence-corrected chi connectivity index (χ4v) is 1.52. The van der Waals surface area contributed by atoms with Crippen molar-refractivity contribution in [2.24, 2.45) is 5.73 Å². The van der Waals surface area contributed by atoms with Crippen LogP contribution in [0.3, 0.4) is 0 Å². The van der Waals surface area contributed by atoms with Crippen LogP contribution in [0.2, 0.25) is 0 Å². The number of allylic oxidation sites excluding steroid dienone is 1. The zero-order valence-electron chi connectivity index (χ0n) is 8.38. The van der Waals surface area contributed by atoms with E-state index in [1.54, 1.807) is 0 Å². The number of hydrogen-bond acceptors (Lipinski definition) is 1. The summed E-state index contributed by atoms with van der Waals surface area (Å²) in [6, 6.07) is 8.42. The number of nitrogens with two attached hydrogens (primary N) is 1. The first-order valence-electron chi connectivity index (χ1n) is 4.74. The first-order valence-corrected chi connectivity index (χ1v) is 4.74. The predicted octanol–water partition coefficient (Wildman–Crippen LogP) is 2.75. The molecule has 0 aliphatic rings. The van der Waals surface area contributed by atoms with Gasteiger partial charge in [0.25, 0.3) is 0 Å². The summed E-state index contributed by atoms with van der Waals surface area (Å²) < 4.78 is 0. The Kier molecular flexibility index (Phi) is 3.71. The minimum Gasteiger partial charge on any atom is -0.327 e. The Morgan fingerprint density at radius 3 is 2.62 bits per heavy atom. The molecule has 1 aromatic carbocycles. The molecule has 0 aromatic heterocycles. The quantitative estimate of drug-likeness (QED) is 0.751. The highest BCUT2D eigenvalue weighted by Gasteiger charge is 2.00. The summed E-state index contributed by atoms with van der Waals surface area (Å²) in [6.45, 7) is 4.92. The van der Waals surface area contributed by atoms with Gasteiger partial charge in [0, 0.05) is 6.54 Å². The molecule has 0 saturated carbocycles. The Labute approximate surface area is 80.3 Å². The second kappa shape index (κ2) is 4.83. The summed E-state index contributed by atoms with van der Waals surface area (Å²) in [5.74, 6) is 0. The maximum Gasteiger partial charge on any atom is 0.0112 e. The molecule has 0 atom stereocenters. The van der Waals surface area contributed by atoms with Gasteiger partial charge >= 0.3 is 0 Å². The van der Waals surface area contributed by atoms with Crippen LogP contribution in [0, 0.1) is 6.92 Å². The van der Waals surface area contributed by atoms with Crippen LogP contribution in [0.25, 0.3) is 5.57 Å². The van der Waals surface area contributed by atoms with E-state index in [1.807, 2.05) is 0 Å². The predicted molar refractivity (Wildman–Crippen MR) is 58.5 cm³/mol. The van der Waals surface area contributed by atoms with E-state index in [9.17, 15) is 0 Å². The second-order valence-electron chi connectivity index (χ2n) is 3.13. The summed E-state index contributed by atoms with van der Waals surface area (Å²) in [5.41, 5.74) is 9.52. The number of benzene rings is 1. The SMILES string of the molecule is CC/C(=C/CN)c1ccccc1C. The van der Waals surface area contributed by atoms with E-state index in [0.29, 0.717) is 6.54 Å². The molecule has 0 spiro atoms. The van der Waals surface area contributed by atoms with Gasteiger partial charge in [0.05, 0.1) is 0 Å². The standard InChI is InChI=1S/C12H17N/c1-3-11(8-9-13)12-7-5-4-6-10(12)2/h4-8H,3,9,13H2,1-2H3/b11-8-. The van der Waals surface area contributed by atoms with Crippen LogP contribution in [0.15, 0.2) is 30.3 Å². The van der Waals surface area contributed by atoms with Gasteiger partial charge in [-0.2, -0.15) is 0 Å². The van der Waals surface area contributed by atoms with Gasteiger partial charge in [-0.15, -0.1) is 0 Å². The molecule has 0 unspecified atom stereocenters. The second-order valence-corrected chi connectivity index (χ2v) is 3.13. The van der Waals surface area contributed by atoms with Crippen molar-refractivity contribution in [3.05, 3.63) is 41.5 Å². The van der Waals surface area contributed by atoms with Crippen LogP contribution in [0.5, 0.6) is 0 Å².